The number of ether oxygens (including phenoxy) is 1. The molecule has 0 saturated heterocycles. The van der Waals surface area contributed by atoms with Crippen molar-refractivity contribution >= 4 is 23.2 Å². The van der Waals surface area contributed by atoms with Crippen molar-refractivity contribution in [2.24, 2.45) is 0 Å². The molecular weight excluding hydrogens is 280 g/mol. The summed E-state index contributed by atoms with van der Waals surface area (Å²) in [6, 6.07) is 7.23. The summed E-state index contributed by atoms with van der Waals surface area (Å²) < 4.78 is 5.47. The molecule has 6 nitrogen and oxygen atoms in total. The lowest BCUT2D eigenvalue weighted by Crippen LogP contribution is -2.29. The number of fused-ring (bicyclic) bond motifs is 1. The summed E-state index contributed by atoms with van der Waals surface area (Å²) >= 11 is 1.01. The minimum absolute atomic E-state index is 0.122. The third kappa shape index (κ3) is 2.23. The molecule has 0 radical (unpaired) electrons. The lowest BCUT2D eigenvalue weighted by molar-refractivity contribution is 0.0691. The lowest BCUT2D eigenvalue weighted by Gasteiger charge is -2.09. The number of benzene rings is 1. The lowest BCUT2D eigenvalue weighted by atomic mass is 10.1. The fourth-order valence-corrected chi connectivity index (χ4v) is 2.67. The molecule has 1 aromatic carbocycles. The second-order valence-corrected chi connectivity index (χ2v) is 5.08. The molecule has 1 amide bonds. The van der Waals surface area contributed by atoms with Gasteiger partial charge in [0.15, 0.2) is 10.7 Å². The Labute approximate surface area is 118 Å². The van der Waals surface area contributed by atoms with Crippen molar-refractivity contribution < 1.29 is 19.4 Å². The van der Waals surface area contributed by atoms with Crippen molar-refractivity contribution in [1.82, 2.24) is 10.3 Å². The van der Waals surface area contributed by atoms with E-state index in [-0.39, 0.29) is 16.7 Å². The highest BCUT2D eigenvalue weighted by molar-refractivity contribution is 7.11. The van der Waals surface area contributed by atoms with Crippen molar-refractivity contribution in [3.05, 3.63) is 45.9 Å². The van der Waals surface area contributed by atoms with Gasteiger partial charge in [0.25, 0.3) is 5.91 Å². The number of carboxylic acids is 1. The minimum atomic E-state index is -1.14. The Morgan fingerprint density at radius 3 is 2.95 bits per heavy atom. The quantitative estimate of drug-likeness (QED) is 0.898. The second-order valence-electron chi connectivity index (χ2n) is 4.22. The Morgan fingerprint density at radius 1 is 1.40 bits per heavy atom. The highest BCUT2D eigenvalue weighted by atomic mass is 32.1. The number of carbonyl (C=O) groups excluding carboxylic acids is 1. The SMILES string of the molecule is O=C(O)c1csc(C(=O)NC2COc3ccccc32)n1. The number of hydrogen-bond donors (Lipinski definition) is 2. The molecule has 1 unspecified atom stereocenters. The van der Waals surface area contributed by atoms with Gasteiger partial charge < -0.3 is 15.2 Å². The highest BCUT2D eigenvalue weighted by Gasteiger charge is 2.26. The predicted molar refractivity (Wildman–Crippen MR) is 71.2 cm³/mol. The first-order valence-electron chi connectivity index (χ1n) is 5.86. The normalized spacial score (nSPS) is 16.3. The molecule has 1 aromatic heterocycles. The smallest absolute Gasteiger partial charge is 0.355 e. The van der Waals surface area contributed by atoms with Gasteiger partial charge in [-0.2, -0.15) is 0 Å². The van der Waals surface area contributed by atoms with Crippen molar-refractivity contribution in [2.45, 2.75) is 6.04 Å². The van der Waals surface area contributed by atoms with Gasteiger partial charge in [-0.1, -0.05) is 18.2 Å². The highest BCUT2D eigenvalue weighted by Crippen LogP contribution is 2.31. The van der Waals surface area contributed by atoms with E-state index in [1.807, 2.05) is 24.3 Å². The molecule has 1 atom stereocenters. The summed E-state index contributed by atoms with van der Waals surface area (Å²) in [5, 5.41) is 13.1. The minimum Gasteiger partial charge on any atom is -0.491 e. The average molecular weight is 290 g/mol. The van der Waals surface area contributed by atoms with Crippen LogP contribution in [-0.2, 0) is 0 Å². The number of aromatic nitrogens is 1. The molecule has 102 valence electrons. The van der Waals surface area contributed by atoms with Crippen LogP contribution in [0.15, 0.2) is 29.6 Å². The van der Waals surface area contributed by atoms with E-state index in [4.69, 9.17) is 9.84 Å². The molecule has 0 bridgehead atoms. The average Bonchev–Trinajstić information content (AvgIpc) is 3.06. The van der Waals surface area contributed by atoms with Gasteiger partial charge in [-0.3, -0.25) is 4.79 Å². The third-order valence-corrected chi connectivity index (χ3v) is 3.76. The first kappa shape index (κ1) is 12.6. The number of rotatable bonds is 3. The molecule has 20 heavy (non-hydrogen) atoms. The van der Waals surface area contributed by atoms with Gasteiger partial charge in [0.1, 0.15) is 12.4 Å². The monoisotopic (exact) mass is 290 g/mol. The molecule has 1 aliphatic heterocycles. The van der Waals surface area contributed by atoms with E-state index >= 15 is 0 Å². The molecule has 0 fully saturated rings. The first-order chi connectivity index (χ1) is 9.65. The molecule has 2 aromatic rings. The van der Waals surface area contributed by atoms with Gasteiger partial charge in [0.05, 0.1) is 6.04 Å². The van der Waals surface area contributed by atoms with Gasteiger partial charge in [-0.15, -0.1) is 11.3 Å². The molecule has 7 heteroatoms. The molecule has 0 saturated carbocycles. The van der Waals surface area contributed by atoms with E-state index in [0.717, 1.165) is 22.6 Å². The summed E-state index contributed by atoms with van der Waals surface area (Å²) in [6.07, 6.45) is 0. The zero-order valence-corrected chi connectivity index (χ0v) is 11.0. The van der Waals surface area contributed by atoms with Gasteiger partial charge in [-0.25, -0.2) is 9.78 Å². The fourth-order valence-electron chi connectivity index (χ4n) is 1.98. The Morgan fingerprint density at radius 2 is 2.20 bits per heavy atom. The molecular formula is C13H10N2O4S. The maximum atomic E-state index is 12.0. The van der Waals surface area contributed by atoms with Gasteiger partial charge in [0.2, 0.25) is 0 Å². The van der Waals surface area contributed by atoms with E-state index in [9.17, 15) is 9.59 Å². The van der Waals surface area contributed by atoms with Crippen LogP contribution in [0.2, 0.25) is 0 Å². The van der Waals surface area contributed by atoms with Gasteiger partial charge in [0, 0.05) is 10.9 Å². The van der Waals surface area contributed by atoms with Crippen LogP contribution < -0.4 is 10.1 Å². The van der Waals surface area contributed by atoms with E-state index in [0.29, 0.717) is 6.61 Å². The summed E-state index contributed by atoms with van der Waals surface area (Å²) in [7, 11) is 0. The Hall–Kier alpha value is -2.41. The van der Waals surface area contributed by atoms with Crippen LogP contribution in [0.1, 0.15) is 31.9 Å². The van der Waals surface area contributed by atoms with E-state index in [2.05, 4.69) is 10.3 Å². The van der Waals surface area contributed by atoms with E-state index < -0.39 is 11.9 Å². The first-order valence-corrected chi connectivity index (χ1v) is 6.74. The standard InChI is InChI=1S/C13H10N2O4S/c16-11(12-15-9(6-20-12)13(17)18)14-8-5-19-10-4-2-1-3-7(8)10/h1-4,6,8H,5H2,(H,14,16)(H,17,18). The van der Waals surface area contributed by atoms with Crippen LogP contribution in [0.3, 0.4) is 0 Å². The van der Waals surface area contributed by atoms with Crippen molar-refractivity contribution in [3.8, 4) is 5.75 Å². The van der Waals surface area contributed by atoms with Crippen LogP contribution in [0, 0.1) is 0 Å². The largest absolute Gasteiger partial charge is 0.491 e. The maximum Gasteiger partial charge on any atom is 0.355 e. The molecule has 0 aliphatic carbocycles. The van der Waals surface area contributed by atoms with Crippen LogP contribution in [-0.4, -0.2) is 28.6 Å². The predicted octanol–water partition coefficient (Wildman–Crippen LogP) is 1.70. The Kier molecular flexibility index (Phi) is 3.11. The van der Waals surface area contributed by atoms with Crippen LogP contribution in [0.25, 0.3) is 0 Å². The number of para-hydroxylation sites is 1. The van der Waals surface area contributed by atoms with Crippen LogP contribution in [0.4, 0.5) is 0 Å². The Balaban J connectivity index is 1.75. The van der Waals surface area contributed by atoms with Gasteiger partial charge in [-0.05, 0) is 6.07 Å². The third-order valence-electron chi connectivity index (χ3n) is 2.92. The van der Waals surface area contributed by atoms with Gasteiger partial charge >= 0.3 is 5.97 Å². The van der Waals surface area contributed by atoms with Crippen molar-refractivity contribution in [2.75, 3.05) is 6.61 Å². The van der Waals surface area contributed by atoms with Crippen LogP contribution in [0.5, 0.6) is 5.75 Å². The van der Waals surface area contributed by atoms with Crippen LogP contribution >= 0.6 is 11.3 Å². The van der Waals surface area contributed by atoms with Crippen molar-refractivity contribution in [1.29, 1.82) is 0 Å². The summed E-state index contributed by atoms with van der Waals surface area (Å²) in [5.74, 6) is -0.786. The second kappa shape index (κ2) is 4.93. The topological polar surface area (TPSA) is 88.5 Å². The summed E-state index contributed by atoms with van der Waals surface area (Å²) in [4.78, 5) is 26.5. The molecule has 1 aliphatic rings. The number of thiazole rings is 1. The Bertz CT molecular complexity index is 683. The molecule has 2 heterocycles. The van der Waals surface area contributed by atoms with E-state index in [1.165, 1.54) is 5.38 Å². The molecule has 3 rings (SSSR count). The molecule has 0 spiro atoms. The number of carboxylic acid groups (broad SMARTS) is 1. The van der Waals surface area contributed by atoms with E-state index in [1.54, 1.807) is 0 Å². The maximum absolute atomic E-state index is 12.0. The number of aromatic carboxylic acids is 1. The number of hydrogen-bond acceptors (Lipinski definition) is 5. The summed E-state index contributed by atoms with van der Waals surface area (Å²) in [5.41, 5.74) is 0.791. The number of amides is 1. The zero-order chi connectivity index (χ0) is 14.1. The van der Waals surface area contributed by atoms with Crippen molar-refractivity contribution in [3.63, 3.8) is 0 Å². The number of nitrogens with zero attached hydrogens (tertiary/aromatic N) is 1. The zero-order valence-electron chi connectivity index (χ0n) is 10.2. The molecule has 2 N–H and O–H groups in total. The summed E-state index contributed by atoms with van der Waals surface area (Å²) in [6.45, 7) is 0.363. The number of nitrogens with one attached hydrogen (secondary N) is 1. The number of carbonyl (C=O) groups is 2. The fraction of sp³-hybridized carbons (Fsp3) is 0.154.